The Hall–Kier alpha value is -3.26. The van der Waals surface area contributed by atoms with Crippen LogP contribution in [0.25, 0.3) is 10.8 Å². The summed E-state index contributed by atoms with van der Waals surface area (Å²) in [4.78, 5) is 44.0. The van der Waals surface area contributed by atoms with E-state index in [2.05, 4.69) is 0 Å². The van der Waals surface area contributed by atoms with E-state index in [4.69, 9.17) is 23.1 Å². The molecule has 3 rings (SSSR count). The van der Waals surface area contributed by atoms with Crippen molar-refractivity contribution in [1.29, 1.82) is 0 Å². The zero-order valence-corrected chi connectivity index (χ0v) is 25.5. The van der Waals surface area contributed by atoms with Gasteiger partial charge < -0.3 is 21.3 Å². The summed E-state index contributed by atoms with van der Waals surface area (Å²) in [5.74, 6) is -1.30. The highest BCUT2D eigenvalue weighted by Gasteiger charge is 2.37. The van der Waals surface area contributed by atoms with Crippen LogP contribution in [0.3, 0.4) is 0 Å². The number of halogens is 1. The number of benzene rings is 3. The van der Waals surface area contributed by atoms with Crippen LogP contribution < -0.4 is 11.5 Å². The first-order chi connectivity index (χ1) is 19.3. The molecule has 3 aromatic rings. The van der Waals surface area contributed by atoms with Crippen LogP contribution in [0.4, 0.5) is 0 Å². The number of alkyl halides is 1. The quantitative estimate of drug-likeness (QED) is 0.229. The van der Waals surface area contributed by atoms with E-state index in [1.165, 1.54) is 9.80 Å². The van der Waals surface area contributed by atoms with Gasteiger partial charge in [0.1, 0.15) is 11.5 Å². The average molecular weight is 579 g/mol. The van der Waals surface area contributed by atoms with E-state index < -0.39 is 28.9 Å². The van der Waals surface area contributed by atoms with E-state index in [0.29, 0.717) is 12.8 Å². The van der Waals surface area contributed by atoms with Crippen LogP contribution in [0.5, 0.6) is 0 Å². The number of hydrogen-bond donors (Lipinski definition) is 2. The zero-order valence-electron chi connectivity index (χ0n) is 24.7. The fourth-order valence-electron chi connectivity index (χ4n) is 5.03. The van der Waals surface area contributed by atoms with Gasteiger partial charge in [-0.3, -0.25) is 14.4 Å². The largest absolute Gasteiger partial charge is 0.333 e. The summed E-state index contributed by atoms with van der Waals surface area (Å²) in [7, 11) is 3.24. The minimum atomic E-state index is -1.27. The number of likely N-dealkylation sites (N-methyl/N-ethyl adjacent to an activating group) is 2. The Morgan fingerprint density at radius 2 is 1.37 bits per heavy atom. The normalized spacial score (nSPS) is 14.6. The lowest BCUT2D eigenvalue weighted by Gasteiger charge is -2.36. The van der Waals surface area contributed by atoms with Gasteiger partial charge in [0.15, 0.2) is 5.78 Å². The second kappa shape index (κ2) is 14.1. The molecular weight excluding hydrogens is 536 g/mol. The molecule has 220 valence electrons. The van der Waals surface area contributed by atoms with Crippen molar-refractivity contribution in [1.82, 2.24) is 9.80 Å². The topological polar surface area (TPSA) is 110 Å². The molecule has 0 aromatic heterocycles. The Labute approximate surface area is 248 Å². The Kier molecular flexibility index (Phi) is 11.1. The molecular formula is C33H43ClN4O3. The molecule has 3 aromatic carbocycles. The summed E-state index contributed by atoms with van der Waals surface area (Å²) in [6, 6.07) is 21.7. The molecule has 7 nitrogen and oxygen atoms in total. The van der Waals surface area contributed by atoms with E-state index in [9.17, 15) is 14.4 Å². The lowest BCUT2D eigenvalue weighted by molar-refractivity contribution is -0.148. The number of amides is 2. The predicted octanol–water partition coefficient (Wildman–Crippen LogP) is 4.53. The average Bonchev–Trinajstić information content (AvgIpc) is 2.95. The lowest BCUT2D eigenvalue weighted by Crippen LogP contribution is -2.56. The van der Waals surface area contributed by atoms with Gasteiger partial charge in [-0.05, 0) is 48.6 Å². The predicted molar refractivity (Wildman–Crippen MR) is 166 cm³/mol. The third-order valence-electron chi connectivity index (χ3n) is 7.67. The summed E-state index contributed by atoms with van der Waals surface area (Å²) in [6.07, 6.45) is 1.79. The molecule has 4 N–H and O–H groups in total. The number of nitrogens with two attached hydrogens (primary N) is 2. The van der Waals surface area contributed by atoms with Crippen LogP contribution in [0.15, 0.2) is 72.8 Å². The SMILES string of the molecule is CC(CCC(C)(C)N)C(=O)N(C)[C@H](Cc1ccc2ccccc2c1)C(=O)N(C)[C@H](Cc1ccccc1)C(=O)C(N)Cl. The molecule has 0 saturated carbocycles. The van der Waals surface area contributed by atoms with Gasteiger partial charge >= 0.3 is 0 Å². The number of carbonyl (C=O) groups is 3. The van der Waals surface area contributed by atoms with E-state index >= 15 is 0 Å². The van der Waals surface area contributed by atoms with Crippen molar-refractivity contribution in [3.8, 4) is 0 Å². The summed E-state index contributed by atoms with van der Waals surface area (Å²) < 4.78 is 0. The number of fused-ring (bicyclic) bond motifs is 1. The Balaban J connectivity index is 1.95. The maximum Gasteiger partial charge on any atom is 0.246 e. The highest BCUT2D eigenvalue weighted by atomic mass is 35.5. The summed E-state index contributed by atoms with van der Waals surface area (Å²) in [5, 5.41) is 2.13. The fraction of sp³-hybridized carbons (Fsp3) is 0.424. The van der Waals surface area contributed by atoms with E-state index in [1.54, 1.807) is 14.1 Å². The van der Waals surface area contributed by atoms with Gasteiger partial charge in [0.05, 0.1) is 6.04 Å². The number of carbonyl (C=O) groups excluding carboxylic acids is 3. The molecule has 0 radical (unpaired) electrons. The molecule has 0 aliphatic heterocycles. The van der Waals surface area contributed by atoms with Gasteiger partial charge in [0.2, 0.25) is 11.8 Å². The van der Waals surface area contributed by atoms with Gasteiger partial charge in [-0.2, -0.15) is 0 Å². The number of hydrogen-bond acceptors (Lipinski definition) is 5. The molecule has 0 heterocycles. The van der Waals surface area contributed by atoms with E-state index in [0.717, 1.165) is 21.9 Å². The molecule has 0 aliphatic rings. The lowest BCUT2D eigenvalue weighted by atomic mass is 9.92. The van der Waals surface area contributed by atoms with Crippen molar-refractivity contribution < 1.29 is 14.4 Å². The zero-order chi connectivity index (χ0) is 30.3. The summed E-state index contributed by atoms with van der Waals surface area (Å²) in [6.45, 7) is 5.72. The van der Waals surface area contributed by atoms with Crippen molar-refractivity contribution in [2.45, 2.75) is 69.6 Å². The van der Waals surface area contributed by atoms with Crippen LogP contribution >= 0.6 is 11.6 Å². The highest BCUT2D eigenvalue weighted by Crippen LogP contribution is 2.23. The minimum absolute atomic E-state index is 0.151. The monoisotopic (exact) mass is 578 g/mol. The van der Waals surface area contributed by atoms with Crippen LogP contribution in [-0.4, -0.2) is 64.6 Å². The van der Waals surface area contributed by atoms with Crippen molar-refractivity contribution in [2.24, 2.45) is 17.4 Å². The second-order valence-electron chi connectivity index (χ2n) is 11.7. The number of ketones is 1. The summed E-state index contributed by atoms with van der Waals surface area (Å²) >= 11 is 6.04. The van der Waals surface area contributed by atoms with Crippen LogP contribution in [0, 0.1) is 5.92 Å². The van der Waals surface area contributed by atoms with Gasteiger partial charge in [-0.25, -0.2) is 0 Å². The molecule has 8 heteroatoms. The highest BCUT2D eigenvalue weighted by molar-refractivity contribution is 6.31. The van der Waals surface area contributed by atoms with Crippen molar-refractivity contribution in [3.05, 3.63) is 83.9 Å². The number of Topliss-reactive ketones (excluding diaryl/α,β-unsaturated/α-hetero) is 1. The maximum atomic E-state index is 14.2. The molecule has 2 unspecified atom stereocenters. The first kappa shape index (κ1) is 32.3. The Bertz CT molecular complexity index is 1340. The van der Waals surface area contributed by atoms with Crippen molar-refractivity contribution in [3.63, 3.8) is 0 Å². The van der Waals surface area contributed by atoms with Crippen LogP contribution in [0.2, 0.25) is 0 Å². The smallest absolute Gasteiger partial charge is 0.246 e. The maximum absolute atomic E-state index is 14.2. The van der Waals surface area contributed by atoms with Gasteiger partial charge in [-0.1, -0.05) is 91.3 Å². The van der Waals surface area contributed by atoms with E-state index in [-0.39, 0.29) is 30.6 Å². The molecule has 0 fully saturated rings. The molecule has 4 atom stereocenters. The molecule has 0 spiro atoms. The van der Waals surface area contributed by atoms with Gasteiger partial charge in [0.25, 0.3) is 0 Å². The fourth-order valence-corrected chi connectivity index (χ4v) is 5.18. The first-order valence-electron chi connectivity index (χ1n) is 14.1. The van der Waals surface area contributed by atoms with Crippen molar-refractivity contribution >= 4 is 40.0 Å². The number of nitrogens with zero attached hydrogens (tertiary/aromatic N) is 2. The summed E-state index contributed by atoms with van der Waals surface area (Å²) in [5.41, 5.74) is 12.1. The van der Waals surface area contributed by atoms with Gasteiger partial charge in [0, 0.05) is 38.4 Å². The van der Waals surface area contributed by atoms with Crippen LogP contribution in [0.1, 0.15) is 44.7 Å². The van der Waals surface area contributed by atoms with Gasteiger partial charge in [-0.15, -0.1) is 0 Å². The third-order valence-corrected chi connectivity index (χ3v) is 7.89. The minimum Gasteiger partial charge on any atom is -0.333 e. The Morgan fingerprint density at radius 3 is 1.98 bits per heavy atom. The molecule has 2 amide bonds. The standard InChI is InChI=1S/C33H43ClN4O3/c1-22(17-18-33(2,3)36)31(40)38(5)28(21-24-15-16-25-13-9-10-14-26(25)19-24)32(41)37(4)27(29(39)30(34)35)20-23-11-7-6-8-12-23/h6-16,19,22,27-28,30H,17-18,20-21,35-36H2,1-5H3/t22?,27-,28-,30?/m1/s1. The van der Waals surface area contributed by atoms with Crippen molar-refractivity contribution in [2.75, 3.05) is 14.1 Å². The molecule has 41 heavy (non-hydrogen) atoms. The molecule has 0 saturated heterocycles. The number of rotatable bonds is 13. The molecule has 0 aliphatic carbocycles. The Morgan fingerprint density at radius 1 is 0.805 bits per heavy atom. The first-order valence-corrected chi connectivity index (χ1v) is 14.5. The third kappa shape index (κ3) is 8.86. The van der Waals surface area contributed by atoms with E-state index in [1.807, 2.05) is 93.6 Å². The molecule has 0 bridgehead atoms. The van der Waals surface area contributed by atoms with Crippen LogP contribution in [-0.2, 0) is 27.2 Å². The second-order valence-corrected chi connectivity index (χ2v) is 12.2.